The molecular weight excluding hydrogens is 346 g/mol. The van der Waals surface area contributed by atoms with Gasteiger partial charge in [-0.15, -0.1) is 10.2 Å². The Hall–Kier alpha value is -2.13. The van der Waals surface area contributed by atoms with Crippen molar-refractivity contribution in [2.45, 2.75) is 19.0 Å². The summed E-state index contributed by atoms with van der Waals surface area (Å²) in [5.41, 5.74) is 0.725. The van der Waals surface area contributed by atoms with E-state index in [1.807, 2.05) is 18.0 Å². The van der Waals surface area contributed by atoms with Crippen LogP contribution in [0, 0.1) is 0 Å². The highest BCUT2D eigenvalue weighted by atomic mass is 32.2. The van der Waals surface area contributed by atoms with Crippen LogP contribution >= 0.6 is 0 Å². The summed E-state index contributed by atoms with van der Waals surface area (Å²) < 4.78 is 39.4. The second kappa shape index (κ2) is 7.01. The number of hydrogen-bond donors (Lipinski definition) is 0. The molecule has 8 nitrogen and oxygen atoms in total. The quantitative estimate of drug-likeness (QED) is 0.756. The fraction of sp³-hybridized carbons (Fsp3) is 0.500. The van der Waals surface area contributed by atoms with Gasteiger partial charge in [-0.05, 0) is 31.7 Å². The highest BCUT2D eigenvalue weighted by Crippen LogP contribution is 2.31. The number of methoxy groups -OCH3 is 2. The molecule has 0 bridgehead atoms. The zero-order valence-corrected chi connectivity index (χ0v) is 15.2. The second-order valence-electron chi connectivity index (χ2n) is 6.04. The Balaban J connectivity index is 1.72. The molecule has 0 saturated carbocycles. The molecule has 0 aliphatic carbocycles. The Morgan fingerprint density at radius 3 is 2.64 bits per heavy atom. The summed E-state index contributed by atoms with van der Waals surface area (Å²) in [6.45, 7) is 0.403. The van der Waals surface area contributed by atoms with E-state index in [0.717, 1.165) is 5.56 Å². The Morgan fingerprint density at radius 1 is 1.24 bits per heavy atom. The number of sulfone groups is 1. The lowest BCUT2D eigenvalue weighted by atomic mass is 10.2. The van der Waals surface area contributed by atoms with E-state index in [4.69, 9.17) is 13.9 Å². The average molecular weight is 367 g/mol. The second-order valence-corrected chi connectivity index (χ2v) is 8.27. The van der Waals surface area contributed by atoms with Gasteiger partial charge < -0.3 is 13.9 Å². The van der Waals surface area contributed by atoms with Gasteiger partial charge in [-0.3, -0.25) is 4.90 Å². The van der Waals surface area contributed by atoms with Crippen molar-refractivity contribution in [3.8, 4) is 23.0 Å². The zero-order valence-electron chi connectivity index (χ0n) is 14.4. The fourth-order valence-electron chi connectivity index (χ4n) is 2.87. The van der Waals surface area contributed by atoms with Gasteiger partial charge in [0.2, 0.25) is 11.8 Å². The van der Waals surface area contributed by atoms with Crippen molar-refractivity contribution in [1.29, 1.82) is 0 Å². The van der Waals surface area contributed by atoms with E-state index in [1.54, 1.807) is 26.4 Å². The van der Waals surface area contributed by atoms with Crippen molar-refractivity contribution >= 4 is 9.84 Å². The molecule has 25 heavy (non-hydrogen) atoms. The molecule has 9 heteroatoms. The predicted octanol–water partition coefficient (Wildman–Crippen LogP) is 1.37. The molecule has 2 aromatic rings. The van der Waals surface area contributed by atoms with Crippen molar-refractivity contribution < 1.29 is 22.3 Å². The van der Waals surface area contributed by atoms with Crippen LogP contribution in [0.25, 0.3) is 11.5 Å². The Morgan fingerprint density at radius 2 is 2.00 bits per heavy atom. The van der Waals surface area contributed by atoms with E-state index in [0.29, 0.717) is 36.2 Å². The van der Waals surface area contributed by atoms with Gasteiger partial charge in [0.15, 0.2) is 21.3 Å². The van der Waals surface area contributed by atoms with E-state index in [-0.39, 0.29) is 17.5 Å². The summed E-state index contributed by atoms with van der Waals surface area (Å²) in [5.74, 6) is 2.43. The molecule has 0 amide bonds. The van der Waals surface area contributed by atoms with Gasteiger partial charge >= 0.3 is 0 Å². The summed E-state index contributed by atoms with van der Waals surface area (Å²) in [7, 11) is 2.08. The summed E-state index contributed by atoms with van der Waals surface area (Å²) in [6, 6.07) is 5.34. The number of hydrogen-bond acceptors (Lipinski definition) is 8. The van der Waals surface area contributed by atoms with Gasteiger partial charge in [0.05, 0.1) is 32.3 Å². The molecule has 3 rings (SSSR count). The van der Waals surface area contributed by atoms with Crippen LogP contribution in [-0.2, 0) is 16.4 Å². The van der Waals surface area contributed by atoms with Crippen LogP contribution in [0.5, 0.6) is 11.5 Å². The summed E-state index contributed by atoms with van der Waals surface area (Å²) in [6.07, 6.45) is 0.634. The fourth-order valence-corrected chi connectivity index (χ4v) is 4.67. The van der Waals surface area contributed by atoms with Crippen LogP contribution in [0.2, 0.25) is 0 Å². The largest absolute Gasteiger partial charge is 0.493 e. The minimum Gasteiger partial charge on any atom is -0.493 e. The summed E-state index contributed by atoms with van der Waals surface area (Å²) >= 11 is 0. The predicted molar refractivity (Wildman–Crippen MR) is 91.4 cm³/mol. The first-order valence-electron chi connectivity index (χ1n) is 7.87. The van der Waals surface area contributed by atoms with Gasteiger partial charge in [0.1, 0.15) is 0 Å². The molecule has 2 heterocycles. The lowest BCUT2D eigenvalue weighted by Crippen LogP contribution is -2.32. The summed E-state index contributed by atoms with van der Waals surface area (Å²) in [5, 5.41) is 8.13. The van der Waals surface area contributed by atoms with Crippen LogP contribution in [0.4, 0.5) is 0 Å². The number of nitrogens with zero attached hydrogens (tertiary/aromatic N) is 3. The van der Waals surface area contributed by atoms with E-state index in [9.17, 15) is 8.42 Å². The van der Waals surface area contributed by atoms with Gasteiger partial charge in [0.25, 0.3) is 0 Å². The van der Waals surface area contributed by atoms with Crippen LogP contribution in [-0.4, -0.2) is 62.3 Å². The highest BCUT2D eigenvalue weighted by molar-refractivity contribution is 7.91. The molecule has 0 radical (unpaired) electrons. The standard InChI is InChI=1S/C16H21N3O5S/c1-19(12-6-7-25(20,21)10-12)9-15-17-18-16(24-15)11-4-5-13(22-2)14(8-11)23-3/h4-5,8,12H,6-7,9-10H2,1-3H3. The molecule has 1 aromatic heterocycles. The molecule has 1 fully saturated rings. The lowest BCUT2D eigenvalue weighted by Gasteiger charge is -2.20. The third-order valence-electron chi connectivity index (χ3n) is 4.31. The normalized spacial score (nSPS) is 19.3. The van der Waals surface area contributed by atoms with Crippen molar-refractivity contribution in [3.05, 3.63) is 24.1 Å². The minimum absolute atomic E-state index is 0.0126. The molecule has 136 valence electrons. The van der Waals surface area contributed by atoms with Gasteiger partial charge in [-0.25, -0.2) is 8.42 Å². The highest BCUT2D eigenvalue weighted by Gasteiger charge is 2.31. The van der Waals surface area contributed by atoms with Crippen molar-refractivity contribution in [1.82, 2.24) is 15.1 Å². The van der Waals surface area contributed by atoms with E-state index >= 15 is 0 Å². The third-order valence-corrected chi connectivity index (χ3v) is 6.06. The molecule has 1 aliphatic heterocycles. The van der Waals surface area contributed by atoms with E-state index in [2.05, 4.69) is 10.2 Å². The Kier molecular flexibility index (Phi) is 4.96. The van der Waals surface area contributed by atoms with Crippen LogP contribution < -0.4 is 9.47 Å². The average Bonchev–Trinajstić information content (AvgIpc) is 3.20. The Labute approximate surface area is 146 Å². The molecular formula is C16H21N3O5S. The first-order valence-corrected chi connectivity index (χ1v) is 9.69. The monoisotopic (exact) mass is 367 g/mol. The lowest BCUT2D eigenvalue weighted by molar-refractivity contribution is 0.230. The summed E-state index contributed by atoms with van der Waals surface area (Å²) in [4.78, 5) is 1.94. The number of aromatic nitrogens is 2. The van der Waals surface area contributed by atoms with Crippen molar-refractivity contribution in [2.24, 2.45) is 0 Å². The third kappa shape index (κ3) is 3.93. The molecule has 1 saturated heterocycles. The first-order chi connectivity index (χ1) is 11.9. The maximum atomic E-state index is 11.6. The maximum absolute atomic E-state index is 11.6. The SMILES string of the molecule is COc1ccc(-c2nnc(CN(C)C3CCS(=O)(=O)C3)o2)cc1OC. The van der Waals surface area contributed by atoms with Crippen LogP contribution in [0.1, 0.15) is 12.3 Å². The van der Waals surface area contributed by atoms with Crippen LogP contribution in [0.15, 0.2) is 22.6 Å². The smallest absolute Gasteiger partial charge is 0.247 e. The first kappa shape index (κ1) is 17.7. The molecule has 0 N–H and O–H groups in total. The van der Waals surface area contributed by atoms with Gasteiger partial charge in [-0.2, -0.15) is 0 Å². The molecule has 1 aromatic carbocycles. The molecule has 1 aliphatic rings. The Bertz CT molecular complexity index is 849. The number of ether oxygens (including phenoxy) is 2. The van der Waals surface area contributed by atoms with Crippen molar-refractivity contribution in [2.75, 3.05) is 32.8 Å². The van der Waals surface area contributed by atoms with Crippen molar-refractivity contribution in [3.63, 3.8) is 0 Å². The molecule has 0 spiro atoms. The van der Waals surface area contributed by atoms with E-state index < -0.39 is 9.84 Å². The topological polar surface area (TPSA) is 94.8 Å². The maximum Gasteiger partial charge on any atom is 0.247 e. The van der Waals surface area contributed by atoms with E-state index in [1.165, 1.54) is 0 Å². The minimum atomic E-state index is -2.92. The van der Waals surface area contributed by atoms with Gasteiger partial charge in [0, 0.05) is 11.6 Å². The molecule has 1 atom stereocenters. The van der Waals surface area contributed by atoms with Crippen LogP contribution in [0.3, 0.4) is 0 Å². The molecule has 1 unspecified atom stereocenters. The number of rotatable bonds is 6. The van der Waals surface area contributed by atoms with Gasteiger partial charge in [-0.1, -0.05) is 0 Å². The number of benzene rings is 1. The zero-order chi connectivity index (χ0) is 18.0.